The summed E-state index contributed by atoms with van der Waals surface area (Å²) >= 11 is 0. The number of halogens is 5. The van der Waals surface area contributed by atoms with Crippen LogP contribution in [0.1, 0.15) is 25.2 Å². The second-order valence-corrected chi connectivity index (χ2v) is 9.43. The van der Waals surface area contributed by atoms with Crippen LogP contribution in [0.3, 0.4) is 0 Å². The summed E-state index contributed by atoms with van der Waals surface area (Å²) in [5.41, 5.74) is 0.875. The van der Waals surface area contributed by atoms with Crippen molar-refractivity contribution in [2.75, 3.05) is 10.1 Å². The molecule has 1 aromatic heterocycles. The quantitative estimate of drug-likeness (QED) is 0.702. The molecule has 0 amide bonds. The van der Waals surface area contributed by atoms with Gasteiger partial charge in [0.1, 0.15) is 6.17 Å². The van der Waals surface area contributed by atoms with Gasteiger partial charge < -0.3 is 4.98 Å². The third kappa shape index (κ3) is 3.34. The number of imidazole rings is 1. The first kappa shape index (κ1) is 21.5. The van der Waals surface area contributed by atoms with Crippen LogP contribution in [0, 0.1) is 0 Å². The number of para-hydroxylation sites is 1. The van der Waals surface area contributed by atoms with Crippen molar-refractivity contribution >= 4 is 21.8 Å². The van der Waals surface area contributed by atoms with Crippen molar-refractivity contribution in [2.45, 2.75) is 44.6 Å². The topological polar surface area (TPSA) is 81.7 Å². The standard InChI is InChI=1S/C18H18F5N5O2S/c1-3-31(29,30)28-13-7-5-4-6-11(13)9-14(28)27-10(2)8-12-15(26-27)25-16(24-12)17(19,20)18(21,22)23/h4-8,10,14H,3,9H2,1-2H3,(H,24,25,26). The number of alkyl halides is 5. The molecule has 2 aliphatic heterocycles. The number of hydrogen-bond donors (Lipinski definition) is 1. The largest absolute Gasteiger partial charge is 0.461 e. The minimum Gasteiger partial charge on any atom is -0.335 e. The van der Waals surface area contributed by atoms with Gasteiger partial charge in [-0.2, -0.15) is 27.1 Å². The maximum atomic E-state index is 13.7. The van der Waals surface area contributed by atoms with Gasteiger partial charge in [-0.3, -0.25) is 5.01 Å². The monoisotopic (exact) mass is 463 g/mol. The lowest BCUT2D eigenvalue weighted by Crippen LogP contribution is -2.53. The average molecular weight is 463 g/mol. The molecule has 2 unspecified atom stereocenters. The minimum absolute atomic E-state index is 0.0805. The summed E-state index contributed by atoms with van der Waals surface area (Å²) in [6.45, 7) is 3.13. The van der Waals surface area contributed by atoms with Gasteiger partial charge in [-0.25, -0.2) is 17.7 Å². The lowest BCUT2D eigenvalue weighted by atomic mass is 10.1. The molecule has 1 aromatic carbocycles. The SMILES string of the molecule is CCS(=O)(=O)N1c2ccccc2CC1N1N=c2nc(C(F)(F)C(F)(F)F)[nH]c2=CC1C. The second-order valence-electron chi connectivity index (χ2n) is 7.29. The maximum Gasteiger partial charge on any atom is 0.461 e. The highest BCUT2D eigenvalue weighted by molar-refractivity contribution is 7.92. The summed E-state index contributed by atoms with van der Waals surface area (Å²) in [7, 11) is -3.73. The van der Waals surface area contributed by atoms with E-state index in [1.807, 2.05) is 4.98 Å². The molecule has 13 heteroatoms. The number of nitrogens with zero attached hydrogens (tertiary/aromatic N) is 4. The number of rotatable bonds is 4. The lowest BCUT2D eigenvalue weighted by molar-refractivity contribution is -0.292. The van der Waals surface area contributed by atoms with Crippen LogP contribution in [-0.4, -0.2) is 47.5 Å². The van der Waals surface area contributed by atoms with Gasteiger partial charge in [-0.1, -0.05) is 18.2 Å². The number of nitrogens with one attached hydrogen (secondary N) is 1. The van der Waals surface area contributed by atoms with Crippen molar-refractivity contribution in [3.8, 4) is 0 Å². The van der Waals surface area contributed by atoms with Crippen molar-refractivity contribution in [1.82, 2.24) is 15.0 Å². The number of aromatic amines is 1. The minimum atomic E-state index is -5.82. The Morgan fingerprint density at radius 1 is 1.19 bits per heavy atom. The van der Waals surface area contributed by atoms with E-state index in [4.69, 9.17) is 0 Å². The molecule has 0 radical (unpaired) electrons. The highest BCUT2D eigenvalue weighted by atomic mass is 32.2. The Bertz CT molecular complexity index is 1240. The van der Waals surface area contributed by atoms with Gasteiger partial charge in [0.25, 0.3) is 0 Å². The first-order valence-electron chi connectivity index (χ1n) is 9.36. The first-order valence-corrected chi connectivity index (χ1v) is 11.0. The van der Waals surface area contributed by atoms with Crippen molar-refractivity contribution in [2.24, 2.45) is 5.10 Å². The molecule has 3 heterocycles. The molecule has 168 valence electrons. The van der Waals surface area contributed by atoms with Crippen molar-refractivity contribution in [1.29, 1.82) is 0 Å². The van der Waals surface area contributed by atoms with Gasteiger partial charge in [0, 0.05) is 6.42 Å². The number of anilines is 1. The fourth-order valence-electron chi connectivity index (χ4n) is 3.72. The second kappa shape index (κ2) is 6.90. The van der Waals surface area contributed by atoms with Crippen molar-refractivity contribution < 1.29 is 30.4 Å². The molecule has 0 fully saturated rings. The van der Waals surface area contributed by atoms with Gasteiger partial charge in [-0.15, -0.1) is 0 Å². The molecular weight excluding hydrogens is 445 g/mol. The van der Waals surface area contributed by atoms with Crippen LogP contribution < -0.4 is 15.1 Å². The summed E-state index contributed by atoms with van der Waals surface area (Å²) in [5.74, 6) is -6.92. The van der Waals surface area contributed by atoms with E-state index >= 15 is 0 Å². The van der Waals surface area contributed by atoms with E-state index in [2.05, 4.69) is 10.1 Å². The smallest absolute Gasteiger partial charge is 0.335 e. The number of benzene rings is 1. The Hall–Kier alpha value is -2.70. The molecule has 2 aromatic rings. The molecule has 2 aliphatic rings. The van der Waals surface area contributed by atoms with Crippen LogP contribution in [0.2, 0.25) is 0 Å². The molecule has 2 atom stereocenters. The third-order valence-electron chi connectivity index (χ3n) is 5.27. The highest BCUT2D eigenvalue weighted by Gasteiger charge is 2.61. The van der Waals surface area contributed by atoms with Crippen LogP contribution in [0.4, 0.5) is 27.6 Å². The number of fused-ring (bicyclic) bond motifs is 2. The number of hydrogen-bond acceptors (Lipinski definition) is 5. The average Bonchev–Trinajstić information content (AvgIpc) is 3.27. The zero-order valence-corrected chi connectivity index (χ0v) is 17.2. The Labute approximate surface area is 173 Å². The Balaban J connectivity index is 1.80. The molecule has 7 nitrogen and oxygen atoms in total. The summed E-state index contributed by atoms with van der Waals surface area (Å²) in [6.07, 6.45) is -4.98. The predicted octanol–water partition coefficient (Wildman–Crippen LogP) is 1.82. The molecule has 0 spiro atoms. The van der Waals surface area contributed by atoms with Crippen LogP contribution in [0.15, 0.2) is 29.4 Å². The summed E-state index contributed by atoms with van der Waals surface area (Å²) < 4.78 is 92.4. The zero-order valence-electron chi connectivity index (χ0n) is 16.4. The first-order chi connectivity index (χ1) is 14.4. The molecule has 1 N–H and O–H groups in total. The molecular formula is C18H18F5N5O2S. The van der Waals surface area contributed by atoms with Gasteiger partial charge in [0.2, 0.25) is 10.0 Å². The Morgan fingerprint density at radius 2 is 1.87 bits per heavy atom. The van der Waals surface area contributed by atoms with Gasteiger partial charge in [0.05, 0.1) is 22.8 Å². The van der Waals surface area contributed by atoms with E-state index in [1.54, 1.807) is 31.2 Å². The van der Waals surface area contributed by atoms with E-state index in [0.29, 0.717) is 5.69 Å². The van der Waals surface area contributed by atoms with E-state index in [-0.39, 0.29) is 23.0 Å². The number of aromatic nitrogens is 2. The normalized spacial score (nSPS) is 21.4. The molecule has 4 rings (SSSR count). The van der Waals surface area contributed by atoms with E-state index in [0.717, 1.165) is 5.56 Å². The van der Waals surface area contributed by atoms with Gasteiger partial charge >= 0.3 is 12.1 Å². The summed E-state index contributed by atoms with van der Waals surface area (Å²) in [6, 6.07) is 6.28. The lowest BCUT2D eigenvalue weighted by Gasteiger charge is -2.37. The van der Waals surface area contributed by atoms with Crippen LogP contribution in [0.5, 0.6) is 0 Å². The fourth-order valence-corrected chi connectivity index (χ4v) is 5.02. The van der Waals surface area contributed by atoms with Crippen molar-refractivity contribution in [3.05, 3.63) is 46.5 Å². The van der Waals surface area contributed by atoms with Crippen molar-refractivity contribution in [3.63, 3.8) is 0 Å². The molecule has 0 saturated heterocycles. The van der Waals surface area contributed by atoms with Crippen LogP contribution in [-0.2, 0) is 22.4 Å². The fraction of sp³-hybridized carbons (Fsp3) is 0.444. The molecule has 0 bridgehead atoms. The van der Waals surface area contributed by atoms with Crippen LogP contribution in [0.25, 0.3) is 6.08 Å². The van der Waals surface area contributed by atoms with Crippen LogP contribution >= 0.6 is 0 Å². The Morgan fingerprint density at radius 3 is 2.52 bits per heavy atom. The van der Waals surface area contributed by atoms with Gasteiger partial charge in [0.15, 0.2) is 11.3 Å². The van der Waals surface area contributed by atoms with E-state index in [1.165, 1.54) is 22.3 Å². The van der Waals surface area contributed by atoms with E-state index < -0.39 is 40.2 Å². The highest BCUT2D eigenvalue weighted by Crippen LogP contribution is 2.42. The molecule has 0 aliphatic carbocycles. The maximum absolute atomic E-state index is 13.7. The molecule has 0 saturated carbocycles. The Kier molecular flexibility index (Phi) is 4.79. The van der Waals surface area contributed by atoms with E-state index in [9.17, 15) is 30.4 Å². The zero-order chi connectivity index (χ0) is 22.8. The third-order valence-corrected chi connectivity index (χ3v) is 7.04. The summed E-state index contributed by atoms with van der Waals surface area (Å²) in [4.78, 5) is 5.37. The van der Waals surface area contributed by atoms with Gasteiger partial charge in [-0.05, 0) is 31.6 Å². The number of sulfonamides is 1. The summed E-state index contributed by atoms with van der Waals surface area (Å²) in [5, 5.41) is 5.45. The molecule has 31 heavy (non-hydrogen) atoms. The number of H-pyrrole nitrogens is 1. The predicted molar refractivity (Wildman–Crippen MR) is 101 cm³/mol.